The molecule has 4 rings (SSSR count). The van der Waals surface area contributed by atoms with E-state index < -0.39 is 6.10 Å². The van der Waals surface area contributed by atoms with Crippen molar-refractivity contribution < 1.29 is 5.11 Å². The topological polar surface area (TPSA) is 66.2 Å². The lowest BCUT2D eigenvalue weighted by Crippen LogP contribution is -2.42. The smallest absolute Gasteiger partial charge is 0.102 e. The molecule has 6 nitrogen and oxygen atoms in total. The first-order chi connectivity index (χ1) is 10.8. The highest BCUT2D eigenvalue weighted by Gasteiger charge is 2.32. The number of aliphatic hydroxyl groups is 1. The van der Waals surface area contributed by atoms with Crippen LogP contribution in [0.3, 0.4) is 0 Å². The Kier molecular flexibility index (Phi) is 3.65. The Labute approximate surface area is 129 Å². The van der Waals surface area contributed by atoms with Crippen LogP contribution in [-0.2, 0) is 13.0 Å². The van der Waals surface area contributed by atoms with Gasteiger partial charge in [0.2, 0.25) is 0 Å². The van der Waals surface area contributed by atoms with Crippen molar-refractivity contribution in [2.45, 2.75) is 25.1 Å². The molecule has 2 heterocycles. The zero-order valence-electron chi connectivity index (χ0n) is 12.5. The van der Waals surface area contributed by atoms with Crippen molar-refractivity contribution in [2.24, 2.45) is 0 Å². The van der Waals surface area contributed by atoms with E-state index in [4.69, 9.17) is 0 Å². The molecular formula is C16H21N5O. The van der Waals surface area contributed by atoms with Crippen LogP contribution in [0.1, 0.15) is 29.0 Å². The Morgan fingerprint density at radius 1 is 1.23 bits per heavy atom. The number of fused-ring (bicyclic) bond motifs is 1. The second-order valence-corrected chi connectivity index (χ2v) is 6.13. The van der Waals surface area contributed by atoms with Crippen LogP contribution >= 0.6 is 0 Å². The Hall–Kier alpha value is -1.76. The minimum absolute atomic E-state index is 0.0401. The molecular weight excluding hydrogens is 278 g/mol. The zero-order chi connectivity index (χ0) is 14.9. The van der Waals surface area contributed by atoms with Gasteiger partial charge in [-0.05, 0) is 17.5 Å². The van der Waals surface area contributed by atoms with Gasteiger partial charge in [0.05, 0.1) is 17.9 Å². The number of rotatable bonds is 3. The van der Waals surface area contributed by atoms with Crippen LogP contribution in [0.4, 0.5) is 0 Å². The first kappa shape index (κ1) is 13.9. The maximum atomic E-state index is 10.5. The van der Waals surface area contributed by atoms with Crippen LogP contribution in [-0.4, -0.2) is 51.2 Å². The lowest BCUT2D eigenvalue weighted by molar-refractivity contribution is 0.120. The fraction of sp³-hybridized carbons (Fsp3) is 0.500. The van der Waals surface area contributed by atoms with E-state index in [0.717, 1.165) is 50.4 Å². The summed E-state index contributed by atoms with van der Waals surface area (Å²) in [5.41, 5.74) is 3.20. The molecule has 0 amide bonds. The number of nitrogens with one attached hydrogen (secondary N) is 1. The summed E-state index contributed by atoms with van der Waals surface area (Å²) < 4.78 is 1.84. The maximum Gasteiger partial charge on any atom is 0.102 e. The van der Waals surface area contributed by atoms with Crippen molar-refractivity contribution in [3.8, 4) is 0 Å². The van der Waals surface area contributed by atoms with Crippen molar-refractivity contribution >= 4 is 0 Å². The summed E-state index contributed by atoms with van der Waals surface area (Å²) in [6, 6.07) is 8.03. The van der Waals surface area contributed by atoms with Crippen LogP contribution in [0, 0.1) is 0 Å². The molecule has 0 spiro atoms. The molecule has 1 aromatic heterocycles. The van der Waals surface area contributed by atoms with Crippen LogP contribution in [0.25, 0.3) is 0 Å². The lowest BCUT2D eigenvalue weighted by Gasteiger charge is -2.26. The third-order valence-electron chi connectivity index (χ3n) is 4.66. The first-order valence-electron chi connectivity index (χ1n) is 7.91. The molecule has 6 heteroatoms. The highest BCUT2D eigenvalue weighted by atomic mass is 16.3. The lowest BCUT2D eigenvalue weighted by atomic mass is 10.1. The summed E-state index contributed by atoms with van der Waals surface area (Å²) in [6.07, 6.45) is 2.31. The molecule has 0 saturated carbocycles. The number of piperazine rings is 1. The van der Waals surface area contributed by atoms with Gasteiger partial charge in [-0.3, -0.25) is 4.90 Å². The van der Waals surface area contributed by atoms with Gasteiger partial charge < -0.3 is 10.4 Å². The average Bonchev–Trinajstić information content (AvgIpc) is 3.14. The minimum Gasteiger partial charge on any atom is -0.386 e. The molecule has 1 aliphatic carbocycles. The van der Waals surface area contributed by atoms with Gasteiger partial charge in [-0.25, -0.2) is 4.68 Å². The zero-order valence-corrected chi connectivity index (χ0v) is 12.5. The molecule has 1 aromatic carbocycles. The molecule has 1 aliphatic heterocycles. The number of hydrogen-bond donors (Lipinski definition) is 2. The normalized spacial score (nSPS) is 25.3. The molecule has 2 aliphatic rings. The summed E-state index contributed by atoms with van der Waals surface area (Å²) in [5, 5.41) is 22.4. The molecule has 116 valence electrons. The van der Waals surface area contributed by atoms with Crippen LogP contribution < -0.4 is 5.32 Å². The SMILES string of the molecule is OC1c2ccccc2CC1n1cc(CN2CCNCC2)nn1. The van der Waals surface area contributed by atoms with Gasteiger partial charge in [-0.2, -0.15) is 0 Å². The number of aromatic nitrogens is 3. The van der Waals surface area contributed by atoms with Crippen molar-refractivity contribution in [1.82, 2.24) is 25.2 Å². The van der Waals surface area contributed by atoms with E-state index in [-0.39, 0.29) is 6.04 Å². The molecule has 1 fully saturated rings. The van der Waals surface area contributed by atoms with Gasteiger partial charge in [0.1, 0.15) is 6.10 Å². The van der Waals surface area contributed by atoms with Gasteiger partial charge in [-0.1, -0.05) is 29.5 Å². The standard InChI is InChI=1S/C16H21N5O/c22-16-14-4-2-1-3-12(14)9-15(16)21-11-13(18-19-21)10-20-7-5-17-6-8-20/h1-4,11,15-17,22H,5-10H2. The molecule has 2 atom stereocenters. The highest BCUT2D eigenvalue weighted by molar-refractivity contribution is 5.35. The number of hydrogen-bond acceptors (Lipinski definition) is 5. The van der Waals surface area contributed by atoms with Gasteiger partial charge >= 0.3 is 0 Å². The van der Waals surface area contributed by atoms with E-state index in [1.54, 1.807) is 0 Å². The highest BCUT2D eigenvalue weighted by Crippen LogP contribution is 2.38. The van der Waals surface area contributed by atoms with E-state index >= 15 is 0 Å². The number of nitrogens with zero attached hydrogens (tertiary/aromatic N) is 4. The Balaban J connectivity index is 1.48. The summed E-state index contributed by atoms with van der Waals surface area (Å²) in [6.45, 7) is 4.99. The van der Waals surface area contributed by atoms with E-state index in [1.807, 2.05) is 29.1 Å². The first-order valence-corrected chi connectivity index (χ1v) is 7.91. The Bertz CT molecular complexity index is 649. The summed E-state index contributed by atoms with van der Waals surface area (Å²) in [7, 11) is 0. The molecule has 2 aromatic rings. The third-order valence-corrected chi connectivity index (χ3v) is 4.66. The summed E-state index contributed by atoms with van der Waals surface area (Å²) >= 11 is 0. The molecule has 0 bridgehead atoms. The summed E-state index contributed by atoms with van der Waals surface area (Å²) in [4.78, 5) is 2.38. The van der Waals surface area contributed by atoms with Crippen molar-refractivity contribution in [3.05, 3.63) is 47.3 Å². The average molecular weight is 299 g/mol. The Morgan fingerprint density at radius 3 is 2.86 bits per heavy atom. The second kappa shape index (κ2) is 5.79. The van der Waals surface area contributed by atoms with E-state index in [0.29, 0.717) is 0 Å². The minimum atomic E-state index is -0.495. The molecule has 0 radical (unpaired) electrons. The number of benzene rings is 1. The molecule has 2 N–H and O–H groups in total. The largest absolute Gasteiger partial charge is 0.386 e. The molecule has 2 unspecified atom stereocenters. The van der Waals surface area contributed by atoms with E-state index in [9.17, 15) is 5.11 Å². The van der Waals surface area contributed by atoms with Crippen LogP contribution in [0.5, 0.6) is 0 Å². The predicted octanol–water partition coefficient (Wildman–Crippen LogP) is 0.514. The molecule has 22 heavy (non-hydrogen) atoms. The van der Waals surface area contributed by atoms with E-state index in [2.05, 4.69) is 26.6 Å². The summed E-state index contributed by atoms with van der Waals surface area (Å²) in [5.74, 6) is 0. The van der Waals surface area contributed by atoms with Crippen molar-refractivity contribution in [1.29, 1.82) is 0 Å². The van der Waals surface area contributed by atoms with Crippen molar-refractivity contribution in [3.63, 3.8) is 0 Å². The fourth-order valence-corrected chi connectivity index (χ4v) is 3.44. The van der Waals surface area contributed by atoms with Gasteiger partial charge in [-0.15, -0.1) is 5.10 Å². The monoisotopic (exact) mass is 299 g/mol. The van der Waals surface area contributed by atoms with Gasteiger partial charge in [0.15, 0.2) is 0 Å². The van der Waals surface area contributed by atoms with Gasteiger partial charge in [0, 0.05) is 32.7 Å². The van der Waals surface area contributed by atoms with Crippen LogP contribution in [0.15, 0.2) is 30.5 Å². The third kappa shape index (κ3) is 2.54. The van der Waals surface area contributed by atoms with E-state index in [1.165, 1.54) is 5.56 Å². The fourth-order valence-electron chi connectivity index (χ4n) is 3.44. The van der Waals surface area contributed by atoms with Crippen molar-refractivity contribution in [2.75, 3.05) is 26.2 Å². The second-order valence-electron chi connectivity index (χ2n) is 6.13. The van der Waals surface area contributed by atoms with Crippen LogP contribution in [0.2, 0.25) is 0 Å². The predicted molar refractivity (Wildman–Crippen MR) is 82.3 cm³/mol. The Morgan fingerprint density at radius 2 is 2.05 bits per heavy atom. The molecule has 1 saturated heterocycles. The quantitative estimate of drug-likeness (QED) is 0.865. The maximum absolute atomic E-state index is 10.5. The van der Waals surface area contributed by atoms with Gasteiger partial charge in [0.25, 0.3) is 0 Å². The number of aliphatic hydroxyl groups excluding tert-OH is 1.